The number of methoxy groups -OCH3 is 1. The van der Waals surface area contributed by atoms with E-state index >= 15 is 0 Å². The molecular weight excluding hydrogens is 288 g/mol. The molecule has 0 unspecified atom stereocenters. The molecule has 0 saturated carbocycles. The summed E-state index contributed by atoms with van der Waals surface area (Å²) < 4.78 is 6.82. The van der Waals surface area contributed by atoms with Crippen LogP contribution in [0.5, 0.6) is 11.6 Å². The minimum atomic E-state index is -0.286. The highest BCUT2D eigenvalue weighted by Gasteiger charge is 2.17. The molecule has 1 aromatic heterocycles. The van der Waals surface area contributed by atoms with E-state index in [1.165, 1.54) is 16.3 Å². The molecule has 0 aliphatic carbocycles. The van der Waals surface area contributed by atoms with E-state index in [1.54, 1.807) is 26.2 Å². The Morgan fingerprint density at radius 3 is 2.76 bits per heavy atom. The van der Waals surface area contributed by atoms with Gasteiger partial charge in [-0.1, -0.05) is 30.8 Å². The molecule has 0 aliphatic heterocycles. The number of thioether (sulfide) groups is 1. The Morgan fingerprint density at radius 2 is 2.10 bits per heavy atom. The molecule has 2 rings (SSSR count). The van der Waals surface area contributed by atoms with Crippen molar-refractivity contribution in [3.05, 3.63) is 40.2 Å². The van der Waals surface area contributed by atoms with Crippen LogP contribution in [0.15, 0.2) is 34.2 Å². The number of para-hydroxylation sites is 2. The Kier molecular flexibility index (Phi) is 4.90. The Balaban J connectivity index is 2.71. The Morgan fingerprint density at radius 1 is 1.38 bits per heavy atom. The van der Waals surface area contributed by atoms with E-state index in [9.17, 15) is 9.90 Å². The fraction of sp³-hybridized carbons (Fsp3) is 0.333. The third kappa shape index (κ3) is 3.05. The Bertz CT molecular complexity index is 698. The summed E-state index contributed by atoms with van der Waals surface area (Å²) in [6.45, 7) is 3.61. The smallest absolute Gasteiger partial charge is 0.265 e. The minimum absolute atomic E-state index is 0.218. The second kappa shape index (κ2) is 6.67. The zero-order chi connectivity index (χ0) is 15.4. The third-order valence-electron chi connectivity index (χ3n) is 3.01. The highest BCUT2D eigenvalue weighted by molar-refractivity contribution is 7.99. The highest BCUT2D eigenvalue weighted by Crippen LogP contribution is 2.27. The first-order valence-corrected chi connectivity index (χ1v) is 7.67. The topological polar surface area (TPSA) is 64.4 Å². The van der Waals surface area contributed by atoms with E-state index in [2.05, 4.69) is 4.98 Å². The van der Waals surface area contributed by atoms with E-state index in [0.717, 1.165) is 12.2 Å². The molecule has 1 N–H and O–H groups in total. The molecule has 0 fully saturated rings. The quantitative estimate of drug-likeness (QED) is 0.680. The predicted octanol–water partition coefficient (Wildman–Crippen LogP) is 2.76. The van der Waals surface area contributed by atoms with E-state index in [4.69, 9.17) is 4.74 Å². The zero-order valence-corrected chi connectivity index (χ0v) is 13.1. The van der Waals surface area contributed by atoms with Crippen molar-refractivity contribution in [3.63, 3.8) is 0 Å². The first kappa shape index (κ1) is 15.4. The molecule has 2 aromatic rings. The Labute approximate surface area is 127 Å². The summed E-state index contributed by atoms with van der Waals surface area (Å²) in [6, 6.07) is 7.26. The molecule has 0 aliphatic rings. The summed E-state index contributed by atoms with van der Waals surface area (Å²) in [6.07, 6.45) is 0.946. The first-order valence-electron chi connectivity index (χ1n) is 6.69. The van der Waals surface area contributed by atoms with Gasteiger partial charge in [0.15, 0.2) is 5.16 Å². The van der Waals surface area contributed by atoms with Crippen molar-refractivity contribution in [2.75, 3.05) is 12.9 Å². The molecule has 0 radical (unpaired) electrons. The summed E-state index contributed by atoms with van der Waals surface area (Å²) in [7, 11) is 1.56. The maximum atomic E-state index is 12.5. The lowest BCUT2D eigenvalue weighted by atomic mass is 10.2. The zero-order valence-electron chi connectivity index (χ0n) is 12.3. The van der Waals surface area contributed by atoms with Crippen molar-refractivity contribution in [1.29, 1.82) is 0 Å². The van der Waals surface area contributed by atoms with Crippen LogP contribution in [0.25, 0.3) is 5.69 Å². The van der Waals surface area contributed by atoms with Gasteiger partial charge in [-0.2, -0.15) is 4.98 Å². The van der Waals surface area contributed by atoms with Crippen LogP contribution in [0.1, 0.15) is 18.9 Å². The molecular formula is C15H18N2O3S. The van der Waals surface area contributed by atoms with Gasteiger partial charge in [0.2, 0.25) is 5.88 Å². The van der Waals surface area contributed by atoms with Crippen LogP contribution in [0.4, 0.5) is 0 Å². The fourth-order valence-corrected chi connectivity index (χ4v) is 2.74. The molecule has 0 atom stereocenters. The van der Waals surface area contributed by atoms with Crippen molar-refractivity contribution in [2.24, 2.45) is 0 Å². The lowest BCUT2D eigenvalue weighted by Gasteiger charge is -2.15. The fourth-order valence-electron chi connectivity index (χ4n) is 1.89. The maximum Gasteiger partial charge on any atom is 0.265 e. The molecule has 1 heterocycles. The van der Waals surface area contributed by atoms with Crippen LogP contribution in [0, 0.1) is 6.92 Å². The third-order valence-corrected chi connectivity index (χ3v) is 4.16. The monoisotopic (exact) mass is 306 g/mol. The second-order valence-corrected chi connectivity index (χ2v) is 5.57. The van der Waals surface area contributed by atoms with Gasteiger partial charge in [0.05, 0.1) is 18.4 Å². The molecule has 5 nitrogen and oxygen atoms in total. The van der Waals surface area contributed by atoms with Crippen molar-refractivity contribution in [2.45, 2.75) is 25.4 Å². The summed E-state index contributed by atoms with van der Waals surface area (Å²) in [4.78, 5) is 16.7. The highest BCUT2D eigenvalue weighted by atomic mass is 32.2. The number of rotatable bonds is 5. The summed E-state index contributed by atoms with van der Waals surface area (Å²) in [5.74, 6) is 1.18. The van der Waals surface area contributed by atoms with Crippen LogP contribution >= 0.6 is 11.8 Å². The molecule has 1 aromatic carbocycles. The van der Waals surface area contributed by atoms with Crippen molar-refractivity contribution < 1.29 is 9.84 Å². The van der Waals surface area contributed by atoms with Crippen LogP contribution < -0.4 is 10.3 Å². The normalized spacial score (nSPS) is 10.6. The number of aromatic hydroxyl groups is 1. The average molecular weight is 306 g/mol. The van der Waals surface area contributed by atoms with Gasteiger partial charge in [0.1, 0.15) is 5.75 Å². The molecule has 0 saturated heterocycles. The first-order chi connectivity index (χ1) is 10.1. The molecule has 0 amide bonds. The van der Waals surface area contributed by atoms with E-state index < -0.39 is 0 Å². The summed E-state index contributed by atoms with van der Waals surface area (Å²) >= 11 is 1.43. The van der Waals surface area contributed by atoms with Gasteiger partial charge in [-0.25, -0.2) is 0 Å². The van der Waals surface area contributed by atoms with Crippen LogP contribution in [0.3, 0.4) is 0 Å². The van der Waals surface area contributed by atoms with Gasteiger partial charge < -0.3 is 9.84 Å². The number of hydrogen-bond acceptors (Lipinski definition) is 5. The molecule has 21 heavy (non-hydrogen) atoms. The number of aromatic nitrogens is 2. The van der Waals surface area contributed by atoms with Gasteiger partial charge >= 0.3 is 0 Å². The van der Waals surface area contributed by atoms with E-state index in [-0.39, 0.29) is 17.0 Å². The van der Waals surface area contributed by atoms with E-state index in [0.29, 0.717) is 16.6 Å². The second-order valence-electron chi connectivity index (χ2n) is 4.50. The number of hydrogen-bond donors (Lipinski definition) is 1. The minimum Gasteiger partial charge on any atom is -0.495 e. The molecule has 0 bridgehead atoms. The van der Waals surface area contributed by atoms with Crippen LogP contribution in [-0.4, -0.2) is 27.5 Å². The lowest BCUT2D eigenvalue weighted by Crippen LogP contribution is -2.24. The van der Waals surface area contributed by atoms with Crippen molar-refractivity contribution in [1.82, 2.24) is 9.55 Å². The van der Waals surface area contributed by atoms with Gasteiger partial charge in [-0.15, -0.1) is 0 Å². The summed E-state index contributed by atoms with van der Waals surface area (Å²) in [5, 5.41) is 10.3. The largest absolute Gasteiger partial charge is 0.495 e. The maximum absolute atomic E-state index is 12.5. The molecule has 112 valence electrons. The SMILES string of the molecule is CCCSc1nc(O)c(C)c(=O)n1-c1ccccc1OC. The van der Waals surface area contributed by atoms with Gasteiger partial charge in [-0.05, 0) is 25.5 Å². The average Bonchev–Trinajstić information content (AvgIpc) is 2.50. The number of ether oxygens (including phenoxy) is 1. The molecule has 0 spiro atoms. The van der Waals surface area contributed by atoms with Gasteiger partial charge in [-0.3, -0.25) is 9.36 Å². The standard InChI is InChI=1S/C15H18N2O3S/c1-4-9-21-15-16-13(18)10(2)14(19)17(15)11-7-5-6-8-12(11)20-3/h5-8,18H,4,9H2,1-3H3. The lowest BCUT2D eigenvalue weighted by molar-refractivity contribution is 0.408. The number of benzene rings is 1. The van der Waals surface area contributed by atoms with Crippen molar-refractivity contribution in [3.8, 4) is 17.3 Å². The predicted molar refractivity (Wildman–Crippen MR) is 83.8 cm³/mol. The van der Waals surface area contributed by atoms with Crippen molar-refractivity contribution >= 4 is 11.8 Å². The van der Waals surface area contributed by atoms with Gasteiger partial charge in [0.25, 0.3) is 5.56 Å². The summed E-state index contributed by atoms with van der Waals surface area (Å²) in [5.41, 5.74) is 0.562. The van der Waals surface area contributed by atoms with Crippen LogP contribution in [-0.2, 0) is 0 Å². The Hall–Kier alpha value is -1.95. The van der Waals surface area contributed by atoms with E-state index in [1.807, 2.05) is 19.1 Å². The van der Waals surface area contributed by atoms with Crippen LogP contribution in [0.2, 0.25) is 0 Å². The van der Waals surface area contributed by atoms with Gasteiger partial charge in [0, 0.05) is 5.75 Å². The molecule has 6 heteroatoms. The number of nitrogens with zero attached hydrogens (tertiary/aromatic N) is 2.